The van der Waals surface area contributed by atoms with Crippen molar-refractivity contribution in [1.82, 2.24) is 30.6 Å². The minimum atomic E-state index is -0.964. The van der Waals surface area contributed by atoms with Crippen molar-refractivity contribution in [1.29, 1.82) is 5.26 Å². The van der Waals surface area contributed by atoms with Gasteiger partial charge in [-0.3, -0.25) is 34.2 Å². The summed E-state index contributed by atoms with van der Waals surface area (Å²) in [6.45, 7) is 8.77. The van der Waals surface area contributed by atoms with Gasteiger partial charge in [-0.2, -0.15) is 5.26 Å². The summed E-state index contributed by atoms with van der Waals surface area (Å²) >= 11 is 0. The highest BCUT2D eigenvalue weighted by Gasteiger charge is 2.47. The van der Waals surface area contributed by atoms with E-state index in [0.29, 0.717) is 28.3 Å². The summed E-state index contributed by atoms with van der Waals surface area (Å²) in [4.78, 5) is 71.8. The van der Waals surface area contributed by atoms with Crippen molar-refractivity contribution >= 4 is 41.0 Å². The van der Waals surface area contributed by atoms with Crippen LogP contribution in [0.1, 0.15) is 107 Å². The average molecular weight is 814 g/mol. The first-order chi connectivity index (χ1) is 29.0. The van der Waals surface area contributed by atoms with E-state index in [1.165, 1.54) is 0 Å². The molecule has 3 aromatic rings. The number of likely N-dealkylation sites (tertiary alicyclic amines) is 1. The largest absolute Gasteiger partial charge is 0.490 e. The number of aromatic nitrogens is 2. The molecule has 2 aromatic carbocycles. The third-order valence-electron chi connectivity index (χ3n) is 13.7. The first kappa shape index (κ1) is 39.6. The molecule has 1 aromatic heterocycles. The molecule has 1 atom stereocenters. The zero-order chi connectivity index (χ0) is 41.5. The fourth-order valence-corrected chi connectivity index (χ4v) is 10.1. The molecule has 5 fully saturated rings. The first-order valence-corrected chi connectivity index (χ1v) is 21.4. The number of carbonyl (C=O) groups is 5. The molecule has 5 aliphatic heterocycles. The molecule has 1 saturated carbocycles. The second-order valence-corrected chi connectivity index (χ2v) is 17.7. The number of piperidine rings is 3. The Morgan fingerprint density at radius 1 is 0.867 bits per heavy atom. The van der Waals surface area contributed by atoms with Crippen molar-refractivity contribution in [3.05, 3.63) is 76.5 Å². The van der Waals surface area contributed by atoms with Crippen molar-refractivity contribution in [3.63, 3.8) is 0 Å². The highest BCUT2D eigenvalue weighted by atomic mass is 16.5. The maximum atomic E-state index is 13.3. The molecule has 0 bridgehead atoms. The number of nitrogens with zero attached hydrogens (tertiary/aromatic N) is 7. The topological polar surface area (TPSA) is 181 Å². The van der Waals surface area contributed by atoms with Crippen LogP contribution in [-0.4, -0.2) is 114 Å². The van der Waals surface area contributed by atoms with Gasteiger partial charge in [-0.25, -0.2) is 0 Å². The van der Waals surface area contributed by atoms with Gasteiger partial charge in [0.2, 0.25) is 11.8 Å². The predicted molar refractivity (Wildman–Crippen MR) is 220 cm³/mol. The SMILES string of the molecule is Cc1cc(O[C@H]2CC[C@H](NC(=O)c3ccc(N4CCC(CN5CCC6(CC5)CN(c5ccc7c(c5)C(=O)N(C5CCC(=O)NC5=O)C7=O)C6)CC4)nn3)CC2)ccc1C#N. The number of ether oxygens (including phenoxy) is 1. The normalized spacial score (nSPS) is 24.5. The summed E-state index contributed by atoms with van der Waals surface area (Å²) in [6.07, 6.45) is 8.06. The number of nitriles is 1. The Balaban J connectivity index is 0.683. The number of nitrogens with one attached hydrogen (secondary N) is 2. The molecular formula is C45H51N9O6. The summed E-state index contributed by atoms with van der Waals surface area (Å²) in [5, 5.41) is 23.3. The van der Waals surface area contributed by atoms with Crippen LogP contribution in [0.15, 0.2) is 48.5 Å². The number of carbonyl (C=O) groups excluding carboxylic acids is 5. The van der Waals surface area contributed by atoms with Gasteiger partial charge in [-0.1, -0.05) is 0 Å². The molecule has 0 radical (unpaired) electrons. The fourth-order valence-electron chi connectivity index (χ4n) is 10.1. The standard InChI is InChI=1S/C45H51N9O6/c1-28-22-34(6-2-30(28)24-46)60-33-7-3-31(4-8-33)47-41(56)37-10-12-39(50-49-37)52-18-14-29(15-19-52)25-51-20-16-45(17-21-51)26-53(27-45)32-5-9-35-36(23-32)44(59)54(43(35)58)38-11-13-40(55)48-42(38)57/h2,5-6,9-10,12,22-23,29,31,33,38H,3-4,7-8,11,13-21,25-27H2,1H3,(H,47,56)(H,48,55,57)/t31-,33-,38?. The summed E-state index contributed by atoms with van der Waals surface area (Å²) < 4.78 is 6.17. The van der Waals surface area contributed by atoms with Gasteiger partial charge >= 0.3 is 0 Å². The summed E-state index contributed by atoms with van der Waals surface area (Å²) in [7, 11) is 0. The van der Waals surface area contributed by atoms with Crippen molar-refractivity contribution in [2.75, 3.05) is 55.6 Å². The molecule has 2 N–H and O–H groups in total. The Hall–Kier alpha value is -5.88. The van der Waals surface area contributed by atoms with Gasteiger partial charge in [0, 0.05) is 56.3 Å². The minimum Gasteiger partial charge on any atom is -0.490 e. The van der Waals surface area contributed by atoms with Gasteiger partial charge in [0.05, 0.1) is 28.9 Å². The molecule has 6 aliphatic rings. The van der Waals surface area contributed by atoms with Crippen molar-refractivity contribution in [2.24, 2.45) is 11.3 Å². The third kappa shape index (κ3) is 7.92. The van der Waals surface area contributed by atoms with Crippen LogP contribution >= 0.6 is 0 Å². The van der Waals surface area contributed by atoms with Crippen LogP contribution in [0.5, 0.6) is 5.75 Å². The fraction of sp³-hybridized carbons (Fsp3) is 0.511. The molecule has 15 nitrogen and oxygen atoms in total. The maximum Gasteiger partial charge on any atom is 0.272 e. The summed E-state index contributed by atoms with van der Waals surface area (Å²) in [6, 6.07) is 15.9. The average Bonchev–Trinajstić information content (AvgIpc) is 3.49. The molecule has 9 rings (SSSR count). The van der Waals surface area contributed by atoms with Crippen LogP contribution in [0, 0.1) is 29.6 Å². The lowest BCUT2D eigenvalue weighted by molar-refractivity contribution is -0.136. The second-order valence-electron chi connectivity index (χ2n) is 17.7. The van der Waals surface area contributed by atoms with Gasteiger partial charge in [0.1, 0.15) is 11.8 Å². The number of fused-ring (bicyclic) bond motifs is 1. The highest BCUT2D eigenvalue weighted by molar-refractivity contribution is 6.23. The number of rotatable bonds is 9. The lowest BCUT2D eigenvalue weighted by Crippen LogP contribution is -2.60. The van der Waals surface area contributed by atoms with Gasteiger partial charge < -0.3 is 24.8 Å². The van der Waals surface area contributed by atoms with E-state index < -0.39 is 23.8 Å². The lowest BCUT2D eigenvalue weighted by atomic mass is 9.71. The van der Waals surface area contributed by atoms with E-state index in [2.05, 4.69) is 41.6 Å². The monoisotopic (exact) mass is 813 g/mol. The van der Waals surface area contributed by atoms with Crippen LogP contribution in [0.4, 0.5) is 11.5 Å². The molecule has 60 heavy (non-hydrogen) atoms. The van der Waals surface area contributed by atoms with Crippen LogP contribution in [-0.2, 0) is 9.59 Å². The smallest absolute Gasteiger partial charge is 0.272 e. The van der Waals surface area contributed by atoms with Gasteiger partial charge in [0.25, 0.3) is 17.7 Å². The molecular weight excluding hydrogens is 763 g/mol. The number of benzene rings is 2. The van der Waals surface area contributed by atoms with E-state index in [-0.39, 0.29) is 42.2 Å². The highest BCUT2D eigenvalue weighted by Crippen LogP contribution is 2.44. The zero-order valence-electron chi connectivity index (χ0n) is 34.0. The van der Waals surface area contributed by atoms with Crippen molar-refractivity contribution in [2.45, 2.75) is 89.3 Å². The number of imide groups is 2. The molecule has 5 amide bonds. The Morgan fingerprint density at radius 2 is 1.62 bits per heavy atom. The number of aryl methyl sites for hydroxylation is 1. The first-order valence-electron chi connectivity index (χ1n) is 21.4. The predicted octanol–water partition coefficient (Wildman–Crippen LogP) is 4.00. The molecule has 4 saturated heterocycles. The number of hydrogen-bond acceptors (Lipinski definition) is 12. The Morgan fingerprint density at radius 3 is 2.30 bits per heavy atom. The number of anilines is 2. The molecule has 1 unspecified atom stereocenters. The van der Waals surface area contributed by atoms with Crippen LogP contribution in [0.3, 0.4) is 0 Å². The van der Waals surface area contributed by atoms with Gasteiger partial charge in [-0.15, -0.1) is 10.2 Å². The van der Waals surface area contributed by atoms with Gasteiger partial charge in [-0.05, 0) is 138 Å². The third-order valence-corrected chi connectivity index (χ3v) is 13.7. The molecule has 6 heterocycles. The second kappa shape index (κ2) is 16.3. The number of amides is 5. The van der Waals surface area contributed by atoms with Crippen LogP contribution in [0.25, 0.3) is 0 Å². The van der Waals surface area contributed by atoms with E-state index in [9.17, 15) is 29.2 Å². The van der Waals surface area contributed by atoms with E-state index in [1.54, 1.807) is 24.3 Å². The van der Waals surface area contributed by atoms with Crippen LogP contribution < -0.4 is 25.2 Å². The number of hydrogen-bond donors (Lipinski definition) is 2. The van der Waals surface area contributed by atoms with Crippen LogP contribution in [0.2, 0.25) is 0 Å². The molecule has 1 aliphatic carbocycles. The lowest BCUT2D eigenvalue weighted by Gasteiger charge is -2.55. The summed E-state index contributed by atoms with van der Waals surface area (Å²) in [5.74, 6) is 0.0648. The van der Waals surface area contributed by atoms with E-state index in [1.807, 2.05) is 31.2 Å². The van der Waals surface area contributed by atoms with Gasteiger partial charge in [0.15, 0.2) is 11.5 Å². The maximum absolute atomic E-state index is 13.3. The Bertz CT molecular complexity index is 2230. The van der Waals surface area contributed by atoms with E-state index >= 15 is 0 Å². The molecule has 1 spiro atoms. The van der Waals surface area contributed by atoms with Crippen molar-refractivity contribution in [3.8, 4) is 11.8 Å². The minimum absolute atomic E-state index is 0.0647. The molecule has 15 heteroatoms. The molecule has 312 valence electrons. The Kier molecular flexibility index (Phi) is 10.7. The van der Waals surface area contributed by atoms with E-state index in [0.717, 1.165) is 125 Å². The van der Waals surface area contributed by atoms with Crippen molar-refractivity contribution < 1.29 is 28.7 Å². The summed E-state index contributed by atoms with van der Waals surface area (Å²) in [5.41, 5.74) is 3.69. The quantitative estimate of drug-likeness (QED) is 0.297. The zero-order valence-corrected chi connectivity index (χ0v) is 34.0. The Labute approximate surface area is 349 Å². The van der Waals surface area contributed by atoms with E-state index in [4.69, 9.17) is 4.74 Å².